The topological polar surface area (TPSA) is 56.6 Å². The standard InChI is InChI=1S/C25H27N3O3/c1-16-22(17(2)27(3)26-16)14-28(13-18-9-10-23-24(11-18)31-15-30-23)25(29)21-12-20(21)19-7-5-4-6-8-19/h4-11,20-21H,12-15H2,1-3H3/t20-,21-/m0/s1. The Bertz CT molecular complexity index is 1120. The molecule has 0 bridgehead atoms. The van der Waals surface area contributed by atoms with E-state index >= 15 is 0 Å². The third-order valence-corrected chi connectivity index (χ3v) is 6.47. The summed E-state index contributed by atoms with van der Waals surface area (Å²) in [6.45, 7) is 5.40. The average molecular weight is 418 g/mol. The lowest BCUT2D eigenvalue weighted by Crippen LogP contribution is -2.32. The van der Waals surface area contributed by atoms with Gasteiger partial charge in [-0.15, -0.1) is 0 Å². The molecule has 2 heterocycles. The van der Waals surface area contributed by atoms with Crippen molar-refractivity contribution in [2.45, 2.75) is 39.3 Å². The molecule has 0 spiro atoms. The second-order valence-electron chi connectivity index (χ2n) is 8.51. The number of nitrogens with zero attached hydrogens (tertiary/aromatic N) is 3. The second kappa shape index (κ2) is 7.76. The first-order valence-corrected chi connectivity index (χ1v) is 10.7. The Balaban J connectivity index is 1.40. The fourth-order valence-electron chi connectivity index (χ4n) is 4.48. The summed E-state index contributed by atoms with van der Waals surface area (Å²) in [7, 11) is 1.95. The lowest BCUT2D eigenvalue weighted by atomic mass is 10.1. The predicted octanol–water partition coefficient (Wildman–Crippen LogP) is 4.10. The van der Waals surface area contributed by atoms with Crippen LogP contribution in [-0.2, 0) is 24.9 Å². The van der Waals surface area contributed by atoms with Crippen molar-refractivity contribution in [3.05, 3.63) is 76.6 Å². The van der Waals surface area contributed by atoms with Crippen LogP contribution in [0.5, 0.6) is 11.5 Å². The molecule has 0 unspecified atom stereocenters. The molecular formula is C25H27N3O3. The van der Waals surface area contributed by atoms with Gasteiger partial charge >= 0.3 is 0 Å². The molecule has 6 heteroatoms. The number of hydrogen-bond donors (Lipinski definition) is 0. The van der Waals surface area contributed by atoms with Crippen molar-refractivity contribution in [1.29, 1.82) is 0 Å². The van der Waals surface area contributed by atoms with Crippen molar-refractivity contribution in [2.75, 3.05) is 6.79 Å². The summed E-state index contributed by atoms with van der Waals surface area (Å²) in [5.74, 6) is 2.05. The monoisotopic (exact) mass is 417 g/mol. The van der Waals surface area contributed by atoms with E-state index in [1.54, 1.807) is 0 Å². The Hall–Kier alpha value is -3.28. The summed E-state index contributed by atoms with van der Waals surface area (Å²) in [4.78, 5) is 15.6. The molecule has 3 aromatic rings. The number of aryl methyl sites for hydroxylation is 2. The zero-order valence-electron chi connectivity index (χ0n) is 18.2. The molecule has 6 nitrogen and oxygen atoms in total. The van der Waals surface area contributed by atoms with E-state index in [9.17, 15) is 4.79 Å². The summed E-state index contributed by atoms with van der Waals surface area (Å²) in [6, 6.07) is 16.3. The molecule has 1 amide bonds. The SMILES string of the molecule is Cc1nn(C)c(C)c1CN(Cc1ccc2c(c1)OCO2)C(=O)[C@H]1C[C@H]1c1ccccc1. The number of benzene rings is 2. The zero-order chi connectivity index (χ0) is 21.5. The first kappa shape index (κ1) is 19.7. The van der Waals surface area contributed by atoms with Gasteiger partial charge in [-0.2, -0.15) is 5.10 Å². The molecule has 0 saturated heterocycles. The summed E-state index contributed by atoms with van der Waals surface area (Å²) in [5, 5.41) is 4.54. The van der Waals surface area contributed by atoms with Crippen LogP contribution in [0.15, 0.2) is 48.5 Å². The molecule has 1 aromatic heterocycles. The number of hydrogen-bond acceptors (Lipinski definition) is 4. The third-order valence-electron chi connectivity index (χ3n) is 6.47. The molecule has 1 aliphatic heterocycles. The summed E-state index contributed by atoms with van der Waals surface area (Å²) in [5.41, 5.74) is 5.47. The van der Waals surface area contributed by atoms with Crippen LogP contribution in [0.25, 0.3) is 0 Å². The lowest BCUT2D eigenvalue weighted by molar-refractivity contribution is -0.134. The van der Waals surface area contributed by atoms with Crippen molar-refractivity contribution >= 4 is 5.91 Å². The summed E-state index contributed by atoms with van der Waals surface area (Å²) >= 11 is 0. The minimum atomic E-state index is 0.0358. The van der Waals surface area contributed by atoms with E-state index in [2.05, 4.69) is 24.2 Å². The minimum absolute atomic E-state index is 0.0358. The molecular weight excluding hydrogens is 390 g/mol. The molecule has 2 aromatic carbocycles. The zero-order valence-corrected chi connectivity index (χ0v) is 18.2. The normalized spacial score (nSPS) is 18.8. The van der Waals surface area contributed by atoms with Crippen LogP contribution in [-0.4, -0.2) is 27.4 Å². The Morgan fingerprint density at radius 1 is 1.10 bits per heavy atom. The van der Waals surface area contributed by atoms with E-state index < -0.39 is 0 Å². The third kappa shape index (κ3) is 3.78. The summed E-state index contributed by atoms with van der Waals surface area (Å²) < 4.78 is 12.9. The van der Waals surface area contributed by atoms with Crippen molar-refractivity contribution in [2.24, 2.45) is 13.0 Å². The van der Waals surface area contributed by atoms with E-state index in [0.29, 0.717) is 19.0 Å². The highest BCUT2D eigenvalue weighted by Crippen LogP contribution is 2.48. The quantitative estimate of drug-likeness (QED) is 0.606. The molecule has 2 aliphatic rings. The molecule has 1 fully saturated rings. The van der Waals surface area contributed by atoms with Gasteiger partial charge in [-0.25, -0.2) is 0 Å². The molecule has 0 radical (unpaired) electrons. The number of aromatic nitrogens is 2. The van der Waals surface area contributed by atoms with E-state index in [1.165, 1.54) is 5.56 Å². The highest BCUT2D eigenvalue weighted by Gasteiger charge is 2.45. The molecule has 160 valence electrons. The van der Waals surface area contributed by atoms with Gasteiger partial charge in [-0.3, -0.25) is 9.48 Å². The van der Waals surface area contributed by atoms with E-state index in [-0.39, 0.29) is 18.6 Å². The van der Waals surface area contributed by atoms with Gasteiger partial charge in [0.25, 0.3) is 0 Å². The van der Waals surface area contributed by atoms with Crippen LogP contribution in [0.4, 0.5) is 0 Å². The van der Waals surface area contributed by atoms with Gasteiger partial charge in [0.15, 0.2) is 11.5 Å². The number of ether oxygens (including phenoxy) is 2. The van der Waals surface area contributed by atoms with E-state index in [1.807, 2.05) is 60.0 Å². The second-order valence-corrected chi connectivity index (χ2v) is 8.51. The van der Waals surface area contributed by atoms with Crippen molar-refractivity contribution in [3.8, 4) is 11.5 Å². The Kier molecular flexibility index (Phi) is 4.93. The highest BCUT2D eigenvalue weighted by molar-refractivity contribution is 5.83. The molecule has 1 saturated carbocycles. The molecule has 1 aliphatic carbocycles. The Morgan fingerprint density at radius 2 is 1.87 bits per heavy atom. The Morgan fingerprint density at radius 3 is 2.61 bits per heavy atom. The Labute approximate surface area is 182 Å². The van der Waals surface area contributed by atoms with Gasteiger partial charge in [-0.1, -0.05) is 36.4 Å². The van der Waals surface area contributed by atoms with Crippen LogP contribution in [0.1, 0.15) is 40.4 Å². The average Bonchev–Trinajstić information content (AvgIpc) is 3.38. The molecule has 5 rings (SSSR count). The number of fused-ring (bicyclic) bond motifs is 1. The number of amides is 1. The first-order valence-electron chi connectivity index (χ1n) is 10.7. The van der Waals surface area contributed by atoms with Crippen LogP contribution in [0.3, 0.4) is 0 Å². The predicted molar refractivity (Wildman–Crippen MR) is 117 cm³/mol. The van der Waals surface area contributed by atoms with Crippen molar-refractivity contribution < 1.29 is 14.3 Å². The largest absolute Gasteiger partial charge is 0.454 e. The minimum Gasteiger partial charge on any atom is -0.454 e. The van der Waals surface area contributed by atoms with Crippen LogP contribution >= 0.6 is 0 Å². The van der Waals surface area contributed by atoms with Crippen molar-refractivity contribution in [3.63, 3.8) is 0 Å². The van der Waals surface area contributed by atoms with Gasteiger partial charge in [0.05, 0.1) is 5.69 Å². The maximum atomic E-state index is 13.6. The van der Waals surface area contributed by atoms with Gasteiger partial charge in [-0.05, 0) is 49.4 Å². The summed E-state index contributed by atoms with van der Waals surface area (Å²) in [6.07, 6.45) is 0.908. The lowest BCUT2D eigenvalue weighted by Gasteiger charge is -2.24. The number of rotatable bonds is 6. The molecule has 0 N–H and O–H groups in total. The molecule has 31 heavy (non-hydrogen) atoms. The van der Waals surface area contributed by atoms with E-state index in [0.717, 1.165) is 40.4 Å². The number of carbonyl (C=O) groups is 1. The first-order chi connectivity index (χ1) is 15.0. The number of carbonyl (C=O) groups excluding carboxylic acids is 1. The van der Waals surface area contributed by atoms with Gasteiger partial charge in [0.2, 0.25) is 12.7 Å². The van der Waals surface area contributed by atoms with Crippen LogP contribution in [0, 0.1) is 19.8 Å². The van der Waals surface area contributed by atoms with Gasteiger partial charge < -0.3 is 14.4 Å². The molecule has 2 atom stereocenters. The maximum Gasteiger partial charge on any atom is 0.231 e. The smallest absolute Gasteiger partial charge is 0.231 e. The van der Waals surface area contributed by atoms with E-state index in [4.69, 9.17) is 9.47 Å². The van der Waals surface area contributed by atoms with Crippen molar-refractivity contribution in [1.82, 2.24) is 14.7 Å². The van der Waals surface area contributed by atoms with Crippen LogP contribution < -0.4 is 9.47 Å². The van der Waals surface area contributed by atoms with Gasteiger partial charge in [0.1, 0.15) is 0 Å². The van der Waals surface area contributed by atoms with Gasteiger partial charge in [0, 0.05) is 37.3 Å². The fraction of sp³-hybridized carbons (Fsp3) is 0.360. The highest BCUT2D eigenvalue weighted by atomic mass is 16.7. The maximum absolute atomic E-state index is 13.6. The van der Waals surface area contributed by atoms with Crippen LogP contribution in [0.2, 0.25) is 0 Å². The fourth-order valence-corrected chi connectivity index (χ4v) is 4.48.